The van der Waals surface area contributed by atoms with Crippen molar-refractivity contribution in [3.63, 3.8) is 0 Å². The molecule has 0 spiro atoms. The fourth-order valence-electron chi connectivity index (χ4n) is 2.55. The minimum Gasteiger partial charge on any atom is -0.477 e. The van der Waals surface area contributed by atoms with E-state index in [1.807, 2.05) is 0 Å². The van der Waals surface area contributed by atoms with Gasteiger partial charge in [-0.15, -0.1) is 0 Å². The second-order valence-corrected chi connectivity index (χ2v) is 7.54. The van der Waals surface area contributed by atoms with Gasteiger partial charge >= 0.3 is 5.97 Å². The third kappa shape index (κ3) is 2.70. The number of rotatable bonds is 6. The third-order valence-electron chi connectivity index (χ3n) is 3.97. The van der Waals surface area contributed by atoms with E-state index in [0.717, 1.165) is 30.2 Å². The molecule has 21 heavy (non-hydrogen) atoms. The lowest BCUT2D eigenvalue weighted by Gasteiger charge is -2.20. The molecule has 2 aromatic heterocycles. The van der Waals surface area contributed by atoms with Crippen LogP contribution >= 0.6 is 22.7 Å². The Morgan fingerprint density at radius 2 is 2.19 bits per heavy atom. The van der Waals surface area contributed by atoms with Crippen LogP contribution in [0.2, 0.25) is 0 Å². The average Bonchev–Trinajstić information content (AvgIpc) is 3.38. The van der Waals surface area contributed by atoms with Gasteiger partial charge in [0, 0.05) is 18.5 Å². The van der Waals surface area contributed by atoms with Gasteiger partial charge in [0.05, 0.1) is 5.69 Å². The monoisotopic (exact) mass is 320 g/mol. The summed E-state index contributed by atoms with van der Waals surface area (Å²) in [6, 6.07) is 2.66. The van der Waals surface area contributed by atoms with E-state index in [2.05, 4.69) is 21.7 Å². The Morgan fingerprint density at radius 1 is 1.38 bits per heavy atom. The van der Waals surface area contributed by atoms with Crippen molar-refractivity contribution in [3.8, 4) is 0 Å². The standard InChI is InChI=1S/C15H16N2O2S2/c18-14(19)13-12(10-1-2-10)16-15(21-13)17(11-3-4-11)7-9-5-6-20-8-9/h5-6,8,10-11H,1-4,7H2,(H,18,19). The molecule has 110 valence electrons. The number of anilines is 1. The number of hydrogen-bond acceptors (Lipinski definition) is 5. The molecule has 4 rings (SSSR count). The molecule has 1 N–H and O–H groups in total. The molecule has 0 radical (unpaired) electrons. The lowest BCUT2D eigenvalue weighted by Crippen LogP contribution is -2.24. The summed E-state index contributed by atoms with van der Waals surface area (Å²) in [4.78, 5) is 18.9. The van der Waals surface area contributed by atoms with Crippen molar-refractivity contribution in [2.45, 2.75) is 44.2 Å². The molecule has 0 amide bonds. The van der Waals surface area contributed by atoms with Gasteiger partial charge in [0.2, 0.25) is 0 Å². The number of carbonyl (C=O) groups is 1. The van der Waals surface area contributed by atoms with Crippen molar-refractivity contribution in [1.29, 1.82) is 0 Å². The number of hydrogen-bond donors (Lipinski definition) is 1. The highest BCUT2D eigenvalue weighted by atomic mass is 32.1. The number of carboxylic acids is 1. The molecular formula is C15H16N2O2S2. The summed E-state index contributed by atoms with van der Waals surface area (Å²) in [6.07, 6.45) is 4.53. The highest BCUT2D eigenvalue weighted by molar-refractivity contribution is 7.17. The van der Waals surface area contributed by atoms with Crippen molar-refractivity contribution in [3.05, 3.63) is 33.0 Å². The van der Waals surface area contributed by atoms with E-state index in [4.69, 9.17) is 4.98 Å². The lowest BCUT2D eigenvalue weighted by atomic mass is 10.2. The van der Waals surface area contributed by atoms with Crippen molar-refractivity contribution in [2.75, 3.05) is 4.90 Å². The summed E-state index contributed by atoms with van der Waals surface area (Å²) in [5.41, 5.74) is 2.10. The molecule has 0 atom stereocenters. The zero-order valence-electron chi connectivity index (χ0n) is 11.5. The molecule has 0 bridgehead atoms. The predicted molar refractivity (Wildman–Crippen MR) is 84.6 cm³/mol. The maximum absolute atomic E-state index is 11.4. The van der Waals surface area contributed by atoms with Gasteiger partial charge in [-0.2, -0.15) is 11.3 Å². The van der Waals surface area contributed by atoms with Crippen LogP contribution in [0.15, 0.2) is 16.8 Å². The van der Waals surface area contributed by atoms with Crippen LogP contribution in [0, 0.1) is 0 Å². The summed E-state index contributed by atoms with van der Waals surface area (Å²) in [6.45, 7) is 0.838. The Labute approximate surface area is 131 Å². The smallest absolute Gasteiger partial charge is 0.347 e. The van der Waals surface area contributed by atoms with Crippen molar-refractivity contribution in [2.24, 2.45) is 0 Å². The van der Waals surface area contributed by atoms with E-state index in [-0.39, 0.29) is 0 Å². The summed E-state index contributed by atoms with van der Waals surface area (Å²) >= 11 is 3.05. The van der Waals surface area contributed by atoms with Crippen LogP contribution in [0.4, 0.5) is 5.13 Å². The first-order chi connectivity index (χ1) is 10.2. The molecule has 2 saturated carbocycles. The zero-order chi connectivity index (χ0) is 14.4. The van der Waals surface area contributed by atoms with E-state index >= 15 is 0 Å². The molecule has 2 fully saturated rings. The van der Waals surface area contributed by atoms with Crippen molar-refractivity contribution in [1.82, 2.24) is 4.98 Å². The van der Waals surface area contributed by atoms with Crippen molar-refractivity contribution >= 4 is 33.8 Å². The quantitative estimate of drug-likeness (QED) is 0.875. The fraction of sp³-hybridized carbons (Fsp3) is 0.467. The van der Waals surface area contributed by atoms with Gasteiger partial charge < -0.3 is 10.0 Å². The largest absolute Gasteiger partial charge is 0.477 e. The van der Waals surface area contributed by atoms with Crippen LogP contribution in [-0.2, 0) is 6.54 Å². The number of thiophene rings is 1. The lowest BCUT2D eigenvalue weighted by molar-refractivity contribution is 0.0700. The van der Waals surface area contributed by atoms with Crippen LogP contribution in [-0.4, -0.2) is 22.1 Å². The van der Waals surface area contributed by atoms with Gasteiger partial charge in [-0.3, -0.25) is 0 Å². The van der Waals surface area contributed by atoms with Crippen LogP contribution in [0.3, 0.4) is 0 Å². The van der Waals surface area contributed by atoms with E-state index in [1.165, 1.54) is 29.7 Å². The number of aromatic nitrogens is 1. The van der Waals surface area contributed by atoms with Crippen LogP contribution < -0.4 is 4.90 Å². The van der Waals surface area contributed by atoms with Crippen molar-refractivity contribution < 1.29 is 9.90 Å². The highest BCUT2D eigenvalue weighted by Crippen LogP contribution is 2.45. The minimum absolute atomic E-state index is 0.378. The average molecular weight is 320 g/mol. The third-order valence-corrected chi connectivity index (χ3v) is 5.80. The van der Waals surface area contributed by atoms with Gasteiger partial charge in [0.15, 0.2) is 5.13 Å². The Hall–Kier alpha value is -1.40. The fourth-order valence-corrected chi connectivity index (χ4v) is 4.27. The van der Waals surface area contributed by atoms with Gasteiger partial charge in [-0.05, 0) is 48.1 Å². The molecule has 2 aromatic rings. The topological polar surface area (TPSA) is 53.4 Å². The maximum Gasteiger partial charge on any atom is 0.347 e. The minimum atomic E-state index is -0.827. The van der Waals surface area contributed by atoms with Crippen LogP contribution in [0.5, 0.6) is 0 Å². The first-order valence-corrected chi connectivity index (χ1v) is 9.00. The molecular weight excluding hydrogens is 304 g/mol. The Morgan fingerprint density at radius 3 is 2.76 bits per heavy atom. The SMILES string of the molecule is O=C(O)c1sc(N(Cc2ccsc2)C2CC2)nc1C1CC1. The van der Waals surface area contributed by atoms with Crippen LogP contribution in [0.25, 0.3) is 0 Å². The molecule has 0 aliphatic heterocycles. The summed E-state index contributed by atoms with van der Waals surface area (Å²) in [5, 5.41) is 14.5. The predicted octanol–water partition coefficient (Wildman–Crippen LogP) is 3.95. The van der Waals surface area contributed by atoms with Gasteiger partial charge in [0.1, 0.15) is 4.88 Å². The molecule has 0 aromatic carbocycles. The maximum atomic E-state index is 11.4. The Bertz CT molecular complexity index is 657. The molecule has 0 unspecified atom stereocenters. The first kappa shape index (κ1) is 13.3. The Kier molecular flexibility index (Phi) is 3.23. The Balaban J connectivity index is 1.66. The molecule has 2 heterocycles. The summed E-state index contributed by atoms with van der Waals surface area (Å²) in [7, 11) is 0. The van der Waals surface area contributed by atoms with Gasteiger partial charge in [-0.1, -0.05) is 11.3 Å². The summed E-state index contributed by atoms with van der Waals surface area (Å²) < 4.78 is 0. The molecule has 0 saturated heterocycles. The van der Waals surface area contributed by atoms with Crippen LogP contribution in [0.1, 0.15) is 52.5 Å². The molecule has 4 nitrogen and oxygen atoms in total. The van der Waals surface area contributed by atoms with E-state index < -0.39 is 5.97 Å². The van der Waals surface area contributed by atoms with E-state index in [9.17, 15) is 9.90 Å². The normalized spacial score (nSPS) is 17.9. The number of nitrogens with zero attached hydrogens (tertiary/aromatic N) is 2. The number of aromatic carboxylic acids is 1. The number of carboxylic acid groups (broad SMARTS) is 1. The summed E-state index contributed by atoms with van der Waals surface area (Å²) in [5.74, 6) is -0.449. The second kappa shape index (κ2) is 5.10. The zero-order valence-corrected chi connectivity index (χ0v) is 13.1. The second-order valence-electron chi connectivity index (χ2n) is 5.78. The van der Waals surface area contributed by atoms with E-state index in [1.54, 1.807) is 11.3 Å². The molecule has 2 aliphatic carbocycles. The van der Waals surface area contributed by atoms with Gasteiger partial charge in [0.25, 0.3) is 0 Å². The molecule has 2 aliphatic rings. The van der Waals surface area contributed by atoms with Gasteiger partial charge in [-0.25, -0.2) is 9.78 Å². The van der Waals surface area contributed by atoms with E-state index in [0.29, 0.717) is 16.8 Å². The highest BCUT2D eigenvalue weighted by Gasteiger charge is 2.36. The molecule has 6 heteroatoms. The number of thiazole rings is 1. The first-order valence-electron chi connectivity index (χ1n) is 7.24.